The van der Waals surface area contributed by atoms with Gasteiger partial charge in [-0.3, -0.25) is 0 Å². The number of benzene rings is 4. The zero-order chi connectivity index (χ0) is 25.8. The van der Waals surface area contributed by atoms with Crippen molar-refractivity contribution in [1.82, 2.24) is 0 Å². The monoisotopic (exact) mass is 463 g/mol. The van der Waals surface area contributed by atoms with Gasteiger partial charge in [-0.15, -0.1) is 0 Å². The van der Waals surface area contributed by atoms with Crippen molar-refractivity contribution in [3.8, 4) is 0 Å². The fourth-order valence-electron chi connectivity index (χ4n) is 3.88. The molecule has 0 aromatic heterocycles. The van der Waals surface area contributed by atoms with Crippen molar-refractivity contribution < 1.29 is 14.4 Å². The van der Waals surface area contributed by atoms with Gasteiger partial charge in [-0.25, -0.2) is 30.6 Å². The maximum Gasteiger partial charge on any atom is 0.231 e. The Morgan fingerprint density at radius 1 is 0.457 bits per heavy atom. The first-order valence-electron chi connectivity index (χ1n) is 10.5. The van der Waals surface area contributed by atoms with Crippen molar-refractivity contribution in [2.75, 3.05) is 0 Å². The molecule has 6 nitrogen and oxygen atoms in total. The van der Waals surface area contributed by atoms with Crippen LogP contribution in [0.3, 0.4) is 0 Å². The molecule has 0 spiro atoms. The van der Waals surface area contributed by atoms with Gasteiger partial charge < -0.3 is 0 Å². The van der Waals surface area contributed by atoms with Crippen LogP contribution < -0.4 is 0 Å². The molecule has 0 bridgehead atoms. The van der Waals surface area contributed by atoms with Gasteiger partial charge in [-0.05, 0) is 28.7 Å². The summed E-state index contributed by atoms with van der Waals surface area (Å²) in [7, 11) is 0. The highest BCUT2D eigenvalue weighted by Crippen LogP contribution is 2.41. The molecule has 0 saturated carbocycles. The number of carbonyl (C=O) groups excluding carboxylic acids is 3. The predicted octanol–water partition coefficient (Wildman–Crippen LogP) is 5.97. The van der Waals surface area contributed by atoms with Crippen molar-refractivity contribution in [1.29, 1.82) is 16.2 Å². The van der Waals surface area contributed by atoms with Crippen LogP contribution in [0.25, 0.3) is 0 Å². The Balaban J connectivity index is 0.000000597. The van der Waals surface area contributed by atoms with Crippen molar-refractivity contribution >= 4 is 18.2 Å². The van der Waals surface area contributed by atoms with Gasteiger partial charge in [0.25, 0.3) is 0 Å². The minimum Gasteiger partial charge on any atom is -0.222 e. The van der Waals surface area contributed by atoms with E-state index in [0.29, 0.717) is 0 Å². The molecule has 174 valence electrons. The minimum atomic E-state index is -0.217. The summed E-state index contributed by atoms with van der Waals surface area (Å²) in [5.74, 6) is 0. The molecule has 0 radical (unpaired) electrons. The Hall–Kier alpha value is -4.98. The van der Waals surface area contributed by atoms with Gasteiger partial charge in [0.2, 0.25) is 18.2 Å². The lowest BCUT2D eigenvalue weighted by Crippen LogP contribution is -2.32. The molecule has 3 N–H and O–H groups in total. The Morgan fingerprint density at radius 2 is 0.686 bits per heavy atom. The van der Waals surface area contributed by atoms with Crippen LogP contribution >= 0.6 is 0 Å². The van der Waals surface area contributed by atoms with E-state index in [9.17, 15) is 0 Å². The van der Waals surface area contributed by atoms with E-state index in [2.05, 4.69) is 121 Å². The fraction of sp³-hybridized carbons (Fsp3) is 0.0690. The van der Waals surface area contributed by atoms with Gasteiger partial charge in [-0.2, -0.15) is 0 Å². The average molecular weight is 464 g/mol. The number of nitrogens with one attached hydrogen (secondary N) is 3. The minimum absolute atomic E-state index is 0.217. The van der Waals surface area contributed by atoms with E-state index < -0.39 is 0 Å². The summed E-state index contributed by atoms with van der Waals surface area (Å²) in [5, 5.41) is 16.2. The largest absolute Gasteiger partial charge is 0.231 e. The summed E-state index contributed by atoms with van der Waals surface area (Å²) in [5.41, 5.74) is 5.08. The van der Waals surface area contributed by atoms with Crippen LogP contribution in [0.4, 0.5) is 0 Å². The van der Waals surface area contributed by atoms with E-state index in [-0.39, 0.29) is 5.41 Å². The van der Waals surface area contributed by atoms with Crippen molar-refractivity contribution in [3.63, 3.8) is 0 Å². The molecular weight excluding hydrogens is 438 g/mol. The molecule has 35 heavy (non-hydrogen) atoms. The van der Waals surface area contributed by atoms with Crippen LogP contribution in [0.5, 0.6) is 0 Å². The fourth-order valence-corrected chi connectivity index (χ4v) is 3.88. The highest BCUT2D eigenvalue weighted by molar-refractivity contribution is 5.52. The molecule has 0 aliphatic heterocycles. The Morgan fingerprint density at radius 3 is 0.943 bits per heavy atom. The van der Waals surface area contributed by atoms with E-state index in [1.165, 1.54) is 22.3 Å². The van der Waals surface area contributed by atoms with Gasteiger partial charge in [0.15, 0.2) is 0 Å². The molecule has 0 atom stereocenters. The summed E-state index contributed by atoms with van der Waals surface area (Å²) >= 11 is 0. The Kier molecular flexibility index (Phi) is 13.3. The predicted molar refractivity (Wildman–Crippen MR) is 135 cm³/mol. The second-order valence-corrected chi connectivity index (χ2v) is 6.97. The normalized spacial score (nSPS) is 9.03. The van der Waals surface area contributed by atoms with E-state index in [1.807, 2.05) is 0 Å². The third kappa shape index (κ3) is 8.47. The molecule has 0 fully saturated rings. The van der Waals surface area contributed by atoms with Gasteiger partial charge in [0.1, 0.15) is 0 Å². The lowest BCUT2D eigenvalue weighted by atomic mass is 9.66. The standard InChI is InChI=1S/C26H22.3CHNO/c1-5-13-22(14-6-1)21-26(23-15-7-2-8-16-23,24-17-9-3-10-18-24)25-19-11-4-12-20-25;3*2-1-3/h1-20H,21H2;3*2H. The number of isocyanates is 3. The second-order valence-electron chi connectivity index (χ2n) is 6.97. The second kappa shape index (κ2) is 16.6. The topological polar surface area (TPSA) is 123 Å². The lowest BCUT2D eigenvalue weighted by Gasteiger charge is -2.36. The summed E-state index contributed by atoms with van der Waals surface area (Å²) in [6.45, 7) is 0. The molecule has 4 aromatic carbocycles. The first kappa shape index (κ1) is 28.1. The van der Waals surface area contributed by atoms with Crippen molar-refractivity contribution in [3.05, 3.63) is 144 Å². The molecule has 0 aliphatic carbocycles. The third-order valence-electron chi connectivity index (χ3n) is 5.11. The quantitative estimate of drug-likeness (QED) is 0.192. The summed E-state index contributed by atoms with van der Waals surface area (Å²) in [4.78, 5) is 25.0. The average Bonchev–Trinajstić information content (AvgIpc) is 2.91. The van der Waals surface area contributed by atoms with Gasteiger partial charge >= 0.3 is 0 Å². The molecular formula is C29H25N3O3. The molecule has 0 heterocycles. The Labute approximate surface area is 204 Å². The van der Waals surface area contributed by atoms with E-state index >= 15 is 0 Å². The van der Waals surface area contributed by atoms with E-state index in [4.69, 9.17) is 30.6 Å². The third-order valence-corrected chi connectivity index (χ3v) is 5.11. The van der Waals surface area contributed by atoms with Gasteiger partial charge in [0.05, 0.1) is 0 Å². The van der Waals surface area contributed by atoms with E-state index in [1.54, 1.807) is 0 Å². The highest BCUT2D eigenvalue weighted by atomic mass is 16.1. The maximum atomic E-state index is 8.35. The molecule has 0 aliphatic rings. The summed E-state index contributed by atoms with van der Waals surface area (Å²) in [6.07, 6.45) is 3.17. The van der Waals surface area contributed by atoms with Crippen LogP contribution in [0.2, 0.25) is 0 Å². The Bertz CT molecular complexity index is 1090. The molecule has 0 saturated heterocycles. The van der Waals surface area contributed by atoms with E-state index in [0.717, 1.165) is 24.7 Å². The zero-order valence-corrected chi connectivity index (χ0v) is 19.0. The first-order valence-corrected chi connectivity index (χ1v) is 10.5. The highest BCUT2D eigenvalue weighted by Gasteiger charge is 2.36. The summed E-state index contributed by atoms with van der Waals surface area (Å²) in [6, 6.07) is 43.4. The van der Waals surface area contributed by atoms with Crippen molar-refractivity contribution in [2.24, 2.45) is 0 Å². The summed E-state index contributed by atoms with van der Waals surface area (Å²) < 4.78 is 0. The van der Waals surface area contributed by atoms with Crippen LogP contribution in [0.1, 0.15) is 22.3 Å². The molecule has 4 aromatic rings. The maximum absolute atomic E-state index is 8.35. The SMILES string of the molecule is N=C=O.N=C=O.N=C=O.c1ccc(CC(c2ccccc2)(c2ccccc2)c2ccccc2)cc1. The van der Waals surface area contributed by atoms with Gasteiger partial charge in [0, 0.05) is 5.41 Å². The molecule has 0 unspecified atom stereocenters. The van der Waals surface area contributed by atoms with Gasteiger partial charge in [-0.1, -0.05) is 121 Å². The lowest BCUT2D eigenvalue weighted by molar-refractivity contribution is 0.562. The van der Waals surface area contributed by atoms with Crippen LogP contribution in [-0.2, 0) is 26.2 Å². The van der Waals surface area contributed by atoms with Crippen LogP contribution in [0.15, 0.2) is 121 Å². The smallest absolute Gasteiger partial charge is 0.222 e. The number of hydrogen-bond donors (Lipinski definition) is 3. The number of hydrogen-bond acceptors (Lipinski definition) is 6. The number of rotatable bonds is 5. The zero-order valence-electron chi connectivity index (χ0n) is 19.0. The molecule has 4 rings (SSSR count). The molecule has 6 heteroatoms. The van der Waals surface area contributed by atoms with Crippen LogP contribution in [-0.4, -0.2) is 18.2 Å². The molecule has 0 amide bonds. The first-order chi connectivity index (χ1) is 17.1. The van der Waals surface area contributed by atoms with Crippen LogP contribution in [0, 0.1) is 16.2 Å². The van der Waals surface area contributed by atoms with Crippen molar-refractivity contribution in [2.45, 2.75) is 11.8 Å².